The zero-order valence-electron chi connectivity index (χ0n) is 10.5. The summed E-state index contributed by atoms with van der Waals surface area (Å²) in [5.41, 5.74) is 8.04. The van der Waals surface area contributed by atoms with Gasteiger partial charge in [0.05, 0.1) is 11.4 Å². The first-order chi connectivity index (χ1) is 8.81. The van der Waals surface area contributed by atoms with Crippen molar-refractivity contribution in [1.29, 1.82) is 0 Å². The second-order valence-corrected chi connectivity index (χ2v) is 4.09. The zero-order valence-corrected chi connectivity index (χ0v) is 10.5. The standard InChI is InChI=1S/C15H17N3/c1-2-3-5-10-14(16)15-11-12-18(17-15)13-8-6-4-7-9-13/h4,6-9,11-12,14H,5,10,16H2,1H3. The van der Waals surface area contributed by atoms with Crippen LogP contribution in [-0.2, 0) is 0 Å². The van der Waals surface area contributed by atoms with Gasteiger partial charge in [0, 0.05) is 18.7 Å². The lowest BCUT2D eigenvalue weighted by atomic mass is 10.1. The maximum absolute atomic E-state index is 6.08. The van der Waals surface area contributed by atoms with Gasteiger partial charge in [0.25, 0.3) is 0 Å². The Kier molecular flexibility index (Phi) is 4.16. The minimum absolute atomic E-state index is 0.0455. The monoisotopic (exact) mass is 239 g/mol. The van der Waals surface area contributed by atoms with Crippen LogP contribution in [0.4, 0.5) is 0 Å². The summed E-state index contributed by atoms with van der Waals surface area (Å²) in [6.07, 6.45) is 3.60. The fourth-order valence-corrected chi connectivity index (χ4v) is 1.76. The molecule has 2 rings (SSSR count). The van der Waals surface area contributed by atoms with Crippen LogP contribution in [-0.4, -0.2) is 9.78 Å². The topological polar surface area (TPSA) is 43.8 Å². The van der Waals surface area contributed by atoms with Gasteiger partial charge in [0.2, 0.25) is 0 Å². The molecule has 1 heterocycles. The molecule has 1 unspecified atom stereocenters. The Morgan fingerprint density at radius 3 is 2.78 bits per heavy atom. The number of nitrogens with zero attached hydrogens (tertiary/aromatic N) is 2. The number of aromatic nitrogens is 2. The minimum Gasteiger partial charge on any atom is -0.323 e. The van der Waals surface area contributed by atoms with Crippen LogP contribution in [0.15, 0.2) is 42.6 Å². The highest BCUT2D eigenvalue weighted by atomic mass is 15.3. The van der Waals surface area contributed by atoms with Gasteiger partial charge in [0.15, 0.2) is 0 Å². The molecule has 0 aliphatic rings. The molecule has 0 spiro atoms. The van der Waals surface area contributed by atoms with Crippen LogP contribution in [0.5, 0.6) is 0 Å². The Morgan fingerprint density at radius 1 is 1.28 bits per heavy atom. The quantitative estimate of drug-likeness (QED) is 0.834. The van der Waals surface area contributed by atoms with Crippen LogP contribution >= 0.6 is 0 Å². The van der Waals surface area contributed by atoms with Crippen molar-refractivity contribution >= 4 is 0 Å². The van der Waals surface area contributed by atoms with E-state index in [1.165, 1.54) is 0 Å². The van der Waals surface area contributed by atoms with Crippen molar-refractivity contribution in [3.05, 3.63) is 48.3 Å². The van der Waals surface area contributed by atoms with Crippen molar-refractivity contribution in [3.8, 4) is 17.5 Å². The molecule has 92 valence electrons. The summed E-state index contributed by atoms with van der Waals surface area (Å²) >= 11 is 0. The molecule has 0 saturated heterocycles. The van der Waals surface area contributed by atoms with Gasteiger partial charge in [-0.2, -0.15) is 5.10 Å². The Morgan fingerprint density at radius 2 is 2.06 bits per heavy atom. The third kappa shape index (κ3) is 2.99. The Bertz CT molecular complexity index is 546. The molecule has 1 aromatic carbocycles. The van der Waals surface area contributed by atoms with Crippen molar-refractivity contribution < 1.29 is 0 Å². The summed E-state index contributed by atoms with van der Waals surface area (Å²) in [5.74, 6) is 5.90. The SMILES string of the molecule is CC#CCCC(N)c1ccn(-c2ccccc2)n1. The average Bonchev–Trinajstić information content (AvgIpc) is 2.89. The van der Waals surface area contributed by atoms with E-state index in [2.05, 4.69) is 16.9 Å². The summed E-state index contributed by atoms with van der Waals surface area (Å²) in [4.78, 5) is 0. The maximum atomic E-state index is 6.08. The van der Waals surface area contributed by atoms with Crippen molar-refractivity contribution in [2.24, 2.45) is 5.73 Å². The Balaban J connectivity index is 2.07. The number of benzene rings is 1. The van der Waals surface area contributed by atoms with E-state index in [9.17, 15) is 0 Å². The van der Waals surface area contributed by atoms with Gasteiger partial charge in [-0.15, -0.1) is 11.8 Å². The molecule has 1 aromatic heterocycles. The second kappa shape index (κ2) is 6.04. The number of rotatable bonds is 4. The van der Waals surface area contributed by atoms with E-state index in [4.69, 9.17) is 5.73 Å². The van der Waals surface area contributed by atoms with Gasteiger partial charge >= 0.3 is 0 Å². The molecule has 0 saturated carbocycles. The van der Waals surface area contributed by atoms with Gasteiger partial charge in [-0.1, -0.05) is 18.2 Å². The molecule has 1 atom stereocenters. The fourth-order valence-electron chi connectivity index (χ4n) is 1.76. The molecule has 2 N–H and O–H groups in total. The van der Waals surface area contributed by atoms with Gasteiger partial charge in [-0.25, -0.2) is 4.68 Å². The van der Waals surface area contributed by atoms with E-state index in [0.29, 0.717) is 0 Å². The Labute approximate surface area is 108 Å². The van der Waals surface area contributed by atoms with Crippen LogP contribution < -0.4 is 5.73 Å². The van der Waals surface area contributed by atoms with Crippen molar-refractivity contribution in [3.63, 3.8) is 0 Å². The molecule has 0 aliphatic carbocycles. The molecule has 18 heavy (non-hydrogen) atoms. The average molecular weight is 239 g/mol. The lowest BCUT2D eigenvalue weighted by Crippen LogP contribution is -2.11. The first-order valence-electron chi connectivity index (χ1n) is 6.07. The van der Waals surface area contributed by atoms with E-state index in [1.54, 1.807) is 0 Å². The molecular weight excluding hydrogens is 222 g/mol. The predicted molar refractivity (Wildman–Crippen MR) is 73.2 cm³/mol. The first kappa shape index (κ1) is 12.4. The smallest absolute Gasteiger partial charge is 0.0796 e. The van der Waals surface area contributed by atoms with E-state index < -0.39 is 0 Å². The fraction of sp³-hybridized carbons (Fsp3) is 0.267. The van der Waals surface area contributed by atoms with Gasteiger partial charge in [-0.3, -0.25) is 0 Å². The summed E-state index contributed by atoms with van der Waals surface area (Å²) < 4.78 is 1.85. The molecule has 0 radical (unpaired) electrons. The summed E-state index contributed by atoms with van der Waals surface area (Å²) in [6.45, 7) is 1.84. The molecule has 0 fully saturated rings. The minimum atomic E-state index is -0.0455. The van der Waals surface area contributed by atoms with Crippen LogP contribution in [0.1, 0.15) is 31.5 Å². The molecule has 0 bridgehead atoms. The number of para-hydroxylation sites is 1. The van der Waals surface area contributed by atoms with Gasteiger partial charge < -0.3 is 5.73 Å². The largest absolute Gasteiger partial charge is 0.323 e. The lowest BCUT2D eigenvalue weighted by Gasteiger charge is -2.06. The van der Waals surface area contributed by atoms with Crippen LogP contribution in [0, 0.1) is 11.8 Å². The third-order valence-electron chi connectivity index (χ3n) is 2.77. The highest BCUT2D eigenvalue weighted by Gasteiger charge is 2.09. The van der Waals surface area contributed by atoms with Crippen molar-refractivity contribution in [2.45, 2.75) is 25.8 Å². The predicted octanol–water partition coefficient (Wildman–Crippen LogP) is 2.68. The van der Waals surface area contributed by atoms with E-state index in [1.807, 2.05) is 54.2 Å². The normalized spacial score (nSPS) is 11.7. The number of hydrogen-bond acceptors (Lipinski definition) is 2. The maximum Gasteiger partial charge on any atom is 0.0796 e. The Hall–Kier alpha value is -2.05. The second-order valence-electron chi connectivity index (χ2n) is 4.09. The van der Waals surface area contributed by atoms with Gasteiger partial charge in [-0.05, 0) is 31.5 Å². The lowest BCUT2D eigenvalue weighted by molar-refractivity contribution is 0.636. The van der Waals surface area contributed by atoms with Crippen LogP contribution in [0.25, 0.3) is 5.69 Å². The van der Waals surface area contributed by atoms with Crippen LogP contribution in [0.2, 0.25) is 0 Å². The third-order valence-corrected chi connectivity index (χ3v) is 2.77. The van der Waals surface area contributed by atoms with Crippen molar-refractivity contribution in [2.75, 3.05) is 0 Å². The number of hydrogen-bond donors (Lipinski definition) is 1. The zero-order chi connectivity index (χ0) is 12.8. The molecule has 3 nitrogen and oxygen atoms in total. The summed E-state index contributed by atoms with van der Waals surface area (Å²) in [6, 6.07) is 11.9. The first-order valence-corrected chi connectivity index (χ1v) is 6.07. The molecule has 2 aromatic rings. The van der Waals surface area contributed by atoms with E-state index in [0.717, 1.165) is 24.2 Å². The van der Waals surface area contributed by atoms with E-state index >= 15 is 0 Å². The highest BCUT2D eigenvalue weighted by molar-refractivity contribution is 5.30. The number of nitrogens with two attached hydrogens (primary N) is 1. The molecule has 0 amide bonds. The summed E-state index contributed by atoms with van der Waals surface area (Å²) in [5, 5.41) is 4.50. The molecule has 3 heteroatoms. The highest BCUT2D eigenvalue weighted by Crippen LogP contribution is 2.15. The van der Waals surface area contributed by atoms with E-state index in [-0.39, 0.29) is 6.04 Å². The molecular formula is C15H17N3. The summed E-state index contributed by atoms with van der Waals surface area (Å²) in [7, 11) is 0. The molecule has 0 aliphatic heterocycles. The van der Waals surface area contributed by atoms with Gasteiger partial charge in [0.1, 0.15) is 0 Å². The van der Waals surface area contributed by atoms with Crippen LogP contribution in [0.3, 0.4) is 0 Å². The van der Waals surface area contributed by atoms with Crippen molar-refractivity contribution in [1.82, 2.24) is 9.78 Å².